The second kappa shape index (κ2) is 5.82. The molecule has 0 fully saturated rings. The fourth-order valence-corrected chi connectivity index (χ4v) is 1.63. The van der Waals surface area contributed by atoms with Gasteiger partial charge in [0.05, 0.1) is 11.0 Å². The van der Waals surface area contributed by atoms with Crippen LogP contribution in [0.15, 0.2) is 30.3 Å². The van der Waals surface area contributed by atoms with E-state index >= 15 is 0 Å². The van der Waals surface area contributed by atoms with Crippen molar-refractivity contribution >= 4 is 25.6 Å². The van der Waals surface area contributed by atoms with Crippen molar-refractivity contribution in [2.24, 2.45) is 0 Å². The Morgan fingerprint density at radius 3 is 2.47 bits per heavy atom. The van der Waals surface area contributed by atoms with Crippen LogP contribution in [-0.4, -0.2) is 4.98 Å². The summed E-state index contributed by atoms with van der Waals surface area (Å²) in [5.41, 5.74) is 3.43. The zero-order valence-electron chi connectivity index (χ0n) is 9.62. The van der Waals surface area contributed by atoms with E-state index in [0.29, 0.717) is 0 Å². The maximum Gasteiger partial charge on any atom is 0.0712 e. The Kier molecular flexibility index (Phi) is 4.71. The zero-order chi connectivity index (χ0) is 11.3. The molecular weight excluding hydrogens is 201 g/mol. The average molecular weight is 219 g/mol. The molecule has 0 amide bonds. The molecule has 2 aromatic rings. The Morgan fingerprint density at radius 2 is 1.80 bits per heavy atom. The van der Waals surface area contributed by atoms with Crippen molar-refractivity contribution < 1.29 is 0 Å². The van der Waals surface area contributed by atoms with Crippen LogP contribution < -0.4 is 5.44 Å². The number of benzene rings is 1. The Labute approximate surface area is 94.1 Å². The molecule has 1 atom stereocenters. The van der Waals surface area contributed by atoms with Crippen molar-refractivity contribution in [3.63, 3.8) is 0 Å². The molecule has 1 aromatic carbocycles. The van der Waals surface area contributed by atoms with Crippen LogP contribution in [0.25, 0.3) is 10.9 Å². The lowest BCUT2D eigenvalue weighted by Gasteiger charge is -2.00. The molecule has 1 heterocycles. The van der Waals surface area contributed by atoms with Gasteiger partial charge in [0, 0.05) is 5.39 Å². The topological polar surface area (TPSA) is 12.9 Å². The van der Waals surface area contributed by atoms with E-state index in [1.165, 1.54) is 10.9 Å². The average Bonchev–Trinajstić information content (AvgIpc) is 2.30. The highest BCUT2D eigenvalue weighted by Gasteiger charge is 1.96. The molecule has 1 nitrogen and oxygen atoms in total. The number of hydrogen-bond donors (Lipinski definition) is 0. The lowest BCUT2D eigenvalue weighted by molar-refractivity contribution is 1.14. The minimum absolute atomic E-state index is 1.00. The molecule has 0 aliphatic rings. The van der Waals surface area contributed by atoms with Crippen LogP contribution in [0.5, 0.6) is 0 Å². The minimum Gasteiger partial charge on any atom is -0.249 e. The smallest absolute Gasteiger partial charge is 0.0712 e. The van der Waals surface area contributed by atoms with Gasteiger partial charge in [-0.25, -0.2) is 4.98 Å². The SMILES string of the molecule is CC.CCc1ccc2ccc(P)nc2c1. The molecule has 0 radical (unpaired) electrons. The van der Waals surface area contributed by atoms with E-state index in [1.807, 2.05) is 19.9 Å². The quantitative estimate of drug-likeness (QED) is 0.670. The third kappa shape index (κ3) is 3.00. The fraction of sp³-hybridized carbons (Fsp3) is 0.308. The number of hydrogen-bond acceptors (Lipinski definition) is 1. The Bertz CT molecular complexity index is 437. The van der Waals surface area contributed by atoms with E-state index in [0.717, 1.165) is 17.4 Å². The largest absolute Gasteiger partial charge is 0.249 e. The van der Waals surface area contributed by atoms with E-state index in [-0.39, 0.29) is 0 Å². The van der Waals surface area contributed by atoms with Crippen LogP contribution in [-0.2, 0) is 6.42 Å². The number of aryl methyl sites for hydroxylation is 1. The van der Waals surface area contributed by atoms with Gasteiger partial charge in [0.15, 0.2) is 0 Å². The van der Waals surface area contributed by atoms with Crippen LogP contribution in [0, 0.1) is 0 Å². The maximum absolute atomic E-state index is 4.45. The van der Waals surface area contributed by atoms with Crippen LogP contribution in [0.2, 0.25) is 0 Å². The van der Waals surface area contributed by atoms with Gasteiger partial charge in [-0.2, -0.15) is 0 Å². The Balaban J connectivity index is 0.000000531. The lowest BCUT2D eigenvalue weighted by atomic mass is 10.1. The van der Waals surface area contributed by atoms with Gasteiger partial charge >= 0.3 is 0 Å². The third-order valence-electron chi connectivity index (χ3n) is 2.19. The van der Waals surface area contributed by atoms with Gasteiger partial charge < -0.3 is 0 Å². The van der Waals surface area contributed by atoms with Crippen molar-refractivity contribution in [3.05, 3.63) is 35.9 Å². The molecule has 15 heavy (non-hydrogen) atoms. The molecule has 0 saturated heterocycles. The highest BCUT2D eigenvalue weighted by molar-refractivity contribution is 7.26. The first-order valence-electron chi connectivity index (χ1n) is 5.45. The van der Waals surface area contributed by atoms with Gasteiger partial charge in [0.25, 0.3) is 0 Å². The summed E-state index contributed by atoms with van der Waals surface area (Å²) in [4.78, 5) is 4.45. The van der Waals surface area contributed by atoms with Gasteiger partial charge in [-0.3, -0.25) is 0 Å². The number of fused-ring (bicyclic) bond motifs is 1. The summed E-state index contributed by atoms with van der Waals surface area (Å²) in [6, 6.07) is 10.6. The van der Waals surface area contributed by atoms with E-state index in [9.17, 15) is 0 Å². The number of aromatic nitrogens is 1. The van der Waals surface area contributed by atoms with Gasteiger partial charge in [-0.1, -0.05) is 48.2 Å². The van der Waals surface area contributed by atoms with Crippen LogP contribution in [0.4, 0.5) is 0 Å². The first-order valence-corrected chi connectivity index (χ1v) is 6.02. The highest BCUT2D eigenvalue weighted by Crippen LogP contribution is 2.13. The highest BCUT2D eigenvalue weighted by atomic mass is 31.0. The van der Waals surface area contributed by atoms with E-state index < -0.39 is 0 Å². The van der Waals surface area contributed by atoms with Crippen molar-refractivity contribution in [1.82, 2.24) is 4.98 Å². The molecule has 0 bridgehead atoms. The van der Waals surface area contributed by atoms with Gasteiger partial charge in [-0.15, -0.1) is 0 Å². The predicted octanol–water partition coefficient (Wildman–Crippen LogP) is 3.32. The molecule has 0 aliphatic carbocycles. The fourth-order valence-electron chi connectivity index (χ4n) is 1.40. The van der Waals surface area contributed by atoms with Gasteiger partial charge in [0.1, 0.15) is 0 Å². The summed E-state index contributed by atoms with van der Waals surface area (Å²) in [5, 5.41) is 1.21. The van der Waals surface area contributed by atoms with Crippen molar-refractivity contribution in [1.29, 1.82) is 0 Å². The summed E-state index contributed by atoms with van der Waals surface area (Å²) >= 11 is 0. The molecule has 1 aromatic heterocycles. The summed E-state index contributed by atoms with van der Waals surface area (Å²) in [7, 11) is 2.62. The standard InChI is InChI=1S/C11H12NP.C2H6/c1-2-8-3-4-9-5-6-11(13)12-10(9)7-8;1-2/h3-7H,2,13H2,1H3;1-2H3. The Hall–Kier alpha value is -0.940. The molecule has 0 aliphatic heterocycles. The second-order valence-corrected chi connectivity index (χ2v) is 3.71. The molecule has 2 rings (SSSR count). The first kappa shape index (κ1) is 12.1. The molecular formula is C13H18NP. The second-order valence-electron chi connectivity index (χ2n) is 3.12. The minimum atomic E-state index is 1.00. The van der Waals surface area contributed by atoms with Crippen LogP contribution in [0.1, 0.15) is 26.3 Å². The molecule has 0 N–H and O–H groups in total. The lowest BCUT2D eigenvalue weighted by Crippen LogP contribution is -1.96. The molecule has 2 heteroatoms. The summed E-state index contributed by atoms with van der Waals surface area (Å²) in [5.74, 6) is 0. The molecule has 0 spiro atoms. The summed E-state index contributed by atoms with van der Waals surface area (Å²) in [6.45, 7) is 6.16. The summed E-state index contributed by atoms with van der Waals surface area (Å²) < 4.78 is 0. The monoisotopic (exact) mass is 219 g/mol. The van der Waals surface area contributed by atoms with Gasteiger partial charge in [0.2, 0.25) is 0 Å². The molecule has 80 valence electrons. The number of pyridine rings is 1. The normalized spacial score (nSPS) is 9.60. The number of nitrogens with zero attached hydrogens (tertiary/aromatic N) is 1. The van der Waals surface area contributed by atoms with Crippen molar-refractivity contribution in [3.8, 4) is 0 Å². The molecule has 0 saturated carbocycles. The van der Waals surface area contributed by atoms with Crippen LogP contribution in [0.3, 0.4) is 0 Å². The van der Waals surface area contributed by atoms with E-state index in [1.54, 1.807) is 0 Å². The zero-order valence-corrected chi connectivity index (χ0v) is 10.8. The Morgan fingerprint density at radius 1 is 1.13 bits per heavy atom. The first-order chi connectivity index (χ1) is 7.29. The number of rotatable bonds is 1. The molecule has 1 unspecified atom stereocenters. The van der Waals surface area contributed by atoms with E-state index in [4.69, 9.17) is 0 Å². The van der Waals surface area contributed by atoms with Crippen molar-refractivity contribution in [2.45, 2.75) is 27.2 Å². The predicted molar refractivity (Wildman–Crippen MR) is 71.8 cm³/mol. The van der Waals surface area contributed by atoms with Crippen LogP contribution >= 0.6 is 9.24 Å². The summed E-state index contributed by atoms with van der Waals surface area (Å²) in [6.07, 6.45) is 1.07. The third-order valence-corrected chi connectivity index (χ3v) is 2.51. The maximum atomic E-state index is 4.45. The van der Waals surface area contributed by atoms with E-state index in [2.05, 4.69) is 45.4 Å². The van der Waals surface area contributed by atoms with Gasteiger partial charge in [-0.05, 0) is 24.1 Å². The van der Waals surface area contributed by atoms with Crippen molar-refractivity contribution in [2.75, 3.05) is 0 Å².